The monoisotopic (exact) mass is 311 g/mol. The number of carboxylic acid groups (broad SMARTS) is 1. The van der Waals surface area contributed by atoms with Crippen LogP contribution in [0.3, 0.4) is 0 Å². The molecule has 6 nitrogen and oxygen atoms in total. The molecule has 1 aromatic carbocycles. The van der Waals surface area contributed by atoms with E-state index in [1.807, 2.05) is 0 Å². The van der Waals surface area contributed by atoms with Crippen LogP contribution in [0.1, 0.15) is 20.8 Å². The Hall–Kier alpha value is -2.18. The van der Waals surface area contributed by atoms with E-state index in [1.54, 1.807) is 0 Å². The fourth-order valence-corrected chi connectivity index (χ4v) is 1.74. The lowest BCUT2D eigenvalue weighted by Crippen LogP contribution is -2.14. The number of nitrogens with zero attached hydrogens (tertiary/aromatic N) is 2. The van der Waals surface area contributed by atoms with E-state index in [0.29, 0.717) is 0 Å². The molecule has 0 radical (unpaired) electrons. The first-order valence-corrected chi connectivity index (χ1v) is 6.04. The van der Waals surface area contributed by atoms with Crippen LogP contribution in [0.25, 0.3) is 0 Å². The van der Waals surface area contributed by atoms with Crippen LogP contribution in [0.5, 0.6) is 0 Å². The summed E-state index contributed by atoms with van der Waals surface area (Å²) >= 11 is 11.3. The molecule has 0 unspecified atom stereocenters. The Balaban J connectivity index is 2.23. The number of nitrogens with one attached hydrogen (secondary N) is 1. The van der Waals surface area contributed by atoms with Crippen molar-refractivity contribution in [1.29, 1.82) is 0 Å². The molecule has 1 heterocycles. The lowest BCUT2D eigenvalue weighted by molar-refractivity contribution is 0.0696. The third-order valence-electron chi connectivity index (χ3n) is 2.26. The van der Waals surface area contributed by atoms with Crippen molar-refractivity contribution < 1.29 is 14.7 Å². The highest BCUT2D eigenvalue weighted by Crippen LogP contribution is 2.19. The zero-order valence-corrected chi connectivity index (χ0v) is 11.3. The van der Waals surface area contributed by atoms with E-state index in [1.165, 1.54) is 30.6 Å². The van der Waals surface area contributed by atoms with E-state index >= 15 is 0 Å². The third-order valence-corrected chi connectivity index (χ3v) is 2.67. The predicted octanol–water partition coefficient (Wildman–Crippen LogP) is 2.73. The highest BCUT2D eigenvalue weighted by Gasteiger charge is 2.11. The number of aromatic nitrogens is 2. The van der Waals surface area contributed by atoms with E-state index < -0.39 is 11.9 Å². The number of aromatic carboxylic acids is 1. The van der Waals surface area contributed by atoms with Crippen molar-refractivity contribution in [1.82, 2.24) is 9.97 Å². The number of anilines is 1. The lowest BCUT2D eigenvalue weighted by Gasteiger charge is -2.06. The molecule has 0 aliphatic rings. The minimum atomic E-state index is -1.14. The van der Waals surface area contributed by atoms with Gasteiger partial charge in [0.1, 0.15) is 10.8 Å². The van der Waals surface area contributed by atoms with Crippen LogP contribution in [0.4, 0.5) is 5.69 Å². The Morgan fingerprint density at radius 2 is 1.85 bits per heavy atom. The number of hydrogen-bond donors (Lipinski definition) is 2. The van der Waals surface area contributed by atoms with Gasteiger partial charge in [0.25, 0.3) is 5.91 Å². The summed E-state index contributed by atoms with van der Waals surface area (Å²) in [6.45, 7) is 0. The molecule has 2 aromatic rings. The second kappa shape index (κ2) is 5.85. The van der Waals surface area contributed by atoms with Gasteiger partial charge in [0.15, 0.2) is 0 Å². The maximum absolute atomic E-state index is 11.9. The molecule has 0 aliphatic heterocycles. The van der Waals surface area contributed by atoms with Crippen molar-refractivity contribution in [3.63, 3.8) is 0 Å². The van der Waals surface area contributed by atoms with Gasteiger partial charge in [-0.2, -0.15) is 0 Å². The van der Waals surface area contributed by atoms with Gasteiger partial charge in [-0.1, -0.05) is 23.2 Å². The predicted molar refractivity (Wildman–Crippen MR) is 73.4 cm³/mol. The minimum Gasteiger partial charge on any atom is -0.478 e. The number of halogens is 2. The second-order valence-corrected chi connectivity index (χ2v) is 4.54. The maximum Gasteiger partial charge on any atom is 0.335 e. The van der Waals surface area contributed by atoms with Crippen molar-refractivity contribution in [2.24, 2.45) is 0 Å². The Morgan fingerprint density at radius 1 is 1.10 bits per heavy atom. The van der Waals surface area contributed by atoms with Gasteiger partial charge < -0.3 is 10.4 Å². The van der Waals surface area contributed by atoms with Crippen molar-refractivity contribution in [2.45, 2.75) is 0 Å². The highest BCUT2D eigenvalue weighted by atomic mass is 35.5. The van der Waals surface area contributed by atoms with E-state index in [2.05, 4.69) is 15.3 Å². The summed E-state index contributed by atoms with van der Waals surface area (Å²) in [5.74, 6) is -1.69. The molecule has 0 bridgehead atoms. The molecule has 0 saturated heterocycles. The smallest absolute Gasteiger partial charge is 0.335 e. The summed E-state index contributed by atoms with van der Waals surface area (Å²) in [6, 6.07) is 3.99. The van der Waals surface area contributed by atoms with Crippen molar-refractivity contribution in [2.75, 3.05) is 5.32 Å². The van der Waals surface area contributed by atoms with Crippen LogP contribution in [0.15, 0.2) is 30.6 Å². The molecular weight excluding hydrogens is 305 g/mol. The summed E-state index contributed by atoms with van der Waals surface area (Å²) in [4.78, 5) is 30.3. The first kappa shape index (κ1) is 14.2. The number of benzene rings is 1. The number of amides is 1. The van der Waals surface area contributed by atoms with Gasteiger partial charge in [0.2, 0.25) is 0 Å². The summed E-state index contributed by atoms with van der Waals surface area (Å²) in [6.07, 6.45) is 2.44. The molecule has 20 heavy (non-hydrogen) atoms. The van der Waals surface area contributed by atoms with Crippen LogP contribution in [0.2, 0.25) is 10.2 Å². The zero-order valence-electron chi connectivity index (χ0n) is 9.80. The maximum atomic E-state index is 11.9. The van der Waals surface area contributed by atoms with Crippen molar-refractivity contribution in [3.05, 3.63) is 52.0 Å². The summed E-state index contributed by atoms with van der Waals surface area (Å²) in [5, 5.41) is 11.7. The largest absolute Gasteiger partial charge is 0.478 e. The van der Waals surface area contributed by atoms with Gasteiger partial charge in [-0.25, -0.2) is 14.8 Å². The van der Waals surface area contributed by atoms with Crippen LogP contribution >= 0.6 is 23.2 Å². The van der Waals surface area contributed by atoms with Gasteiger partial charge in [0, 0.05) is 10.7 Å². The summed E-state index contributed by atoms with van der Waals surface area (Å²) < 4.78 is 0. The topological polar surface area (TPSA) is 92.2 Å². The molecule has 1 aromatic heterocycles. The Kier molecular flexibility index (Phi) is 4.16. The average molecular weight is 312 g/mol. The third kappa shape index (κ3) is 3.43. The number of carbonyl (C=O) groups excluding carboxylic acids is 1. The van der Waals surface area contributed by atoms with Gasteiger partial charge in [-0.05, 0) is 18.2 Å². The normalized spacial score (nSPS) is 10.1. The fraction of sp³-hybridized carbons (Fsp3) is 0. The first-order valence-electron chi connectivity index (χ1n) is 5.28. The van der Waals surface area contributed by atoms with Crippen LogP contribution < -0.4 is 5.32 Å². The first-order chi connectivity index (χ1) is 9.45. The quantitative estimate of drug-likeness (QED) is 0.909. The minimum absolute atomic E-state index is 0.0324. The number of carbonyl (C=O) groups is 2. The molecule has 102 valence electrons. The van der Waals surface area contributed by atoms with E-state index in [0.717, 1.165) is 0 Å². The highest BCUT2D eigenvalue weighted by molar-refractivity contribution is 6.31. The SMILES string of the molecule is O=C(O)c1cc(Cl)cc(NC(=O)c2cnc(Cl)cn2)c1. The van der Waals surface area contributed by atoms with Crippen LogP contribution in [-0.2, 0) is 0 Å². The molecule has 2 rings (SSSR count). The summed E-state index contributed by atoms with van der Waals surface area (Å²) in [5.41, 5.74) is 0.262. The molecule has 0 aliphatic carbocycles. The molecule has 0 saturated carbocycles. The van der Waals surface area contributed by atoms with Crippen LogP contribution in [0, 0.1) is 0 Å². The Bertz CT molecular complexity index is 674. The molecular formula is C12H7Cl2N3O3. The number of rotatable bonds is 3. The molecule has 2 N–H and O–H groups in total. The lowest BCUT2D eigenvalue weighted by atomic mass is 10.2. The molecule has 0 spiro atoms. The van der Waals surface area contributed by atoms with Crippen LogP contribution in [-0.4, -0.2) is 27.0 Å². The van der Waals surface area contributed by atoms with Crippen molar-refractivity contribution in [3.8, 4) is 0 Å². The summed E-state index contributed by atoms with van der Waals surface area (Å²) in [7, 11) is 0. The molecule has 1 amide bonds. The number of carboxylic acids is 1. The van der Waals surface area contributed by atoms with Gasteiger partial charge in [-0.15, -0.1) is 0 Å². The van der Waals surface area contributed by atoms with Gasteiger partial charge in [0.05, 0.1) is 18.0 Å². The Labute approximate surface area is 123 Å². The Morgan fingerprint density at radius 3 is 2.45 bits per heavy atom. The van der Waals surface area contributed by atoms with E-state index in [9.17, 15) is 9.59 Å². The molecule has 8 heteroatoms. The fourth-order valence-electron chi connectivity index (χ4n) is 1.41. The second-order valence-electron chi connectivity index (χ2n) is 3.71. The molecule has 0 atom stereocenters. The standard InChI is InChI=1S/C12H7Cl2N3O3/c13-7-1-6(12(19)20)2-8(3-7)17-11(18)9-4-16-10(14)5-15-9/h1-5H,(H,17,18)(H,19,20). The average Bonchev–Trinajstić information content (AvgIpc) is 2.38. The zero-order chi connectivity index (χ0) is 14.7. The van der Waals surface area contributed by atoms with E-state index in [4.69, 9.17) is 28.3 Å². The van der Waals surface area contributed by atoms with Gasteiger partial charge in [-0.3, -0.25) is 4.79 Å². The molecule has 0 fully saturated rings. The van der Waals surface area contributed by atoms with Crippen molar-refractivity contribution >= 4 is 40.8 Å². The van der Waals surface area contributed by atoms with Gasteiger partial charge >= 0.3 is 5.97 Å². The number of hydrogen-bond acceptors (Lipinski definition) is 4. The van der Waals surface area contributed by atoms with E-state index in [-0.39, 0.29) is 27.1 Å².